The molecular weight excluding hydrogens is 638 g/mol. The van der Waals surface area contributed by atoms with Crippen molar-refractivity contribution in [2.24, 2.45) is 11.7 Å². The average molecular weight is 684 g/mol. The molecule has 5 N–H and O–H groups in total. The molecule has 0 saturated carbocycles. The van der Waals surface area contributed by atoms with Gasteiger partial charge in [0.15, 0.2) is 0 Å². The Kier molecular flexibility index (Phi) is 11.7. The molecule has 1 aliphatic rings. The van der Waals surface area contributed by atoms with E-state index in [1.54, 1.807) is 0 Å². The Morgan fingerprint density at radius 2 is 1.22 bits per heavy atom. The standard InChI is InChI=1S/C42H45N5O4/c43-39(48)28-47(23-20-29-8-2-1-3-9-29)42(51)38(27-31-15-17-33-11-5-7-13-36(33)25-31)46-41(50)37(45-40(49)34-18-21-44-22-19-34)26-30-14-16-32-10-4-6-12-35(32)24-30/h1-17,24-25,34,37-38,44H,18-23,26-28H2,(H2,43,48)(H,45,49)(H,46,50)/t37?,38-/m1/s1. The quantitative estimate of drug-likeness (QED) is 0.139. The van der Waals surface area contributed by atoms with Crippen molar-refractivity contribution >= 4 is 45.2 Å². The van der Waals surface area contributed by atoms with Crippen LogP contribution in [-0.2, 0) is 38.4 Å². The summed E-state index contributed by atoms with van der Waals surface area (Å²) in [5, 5.41) is 13.5. The van der Waals surface area contributed by atoms with Gasteiger partial charge in [-0.1, -0.05) is 115 Å². The Morgan fingerprint density at radius 1 is 0.667 bits per heavy atom. The number of nitrogens with one attached hydrogen (secondary N) is 3. The lowest BCUT2D eigenvalue weighted by Crippen LogP contribution is -2.57. The summed E-state index contributed by atoms with van der Waals surface area (Å²) in [7, 11) is 0. The zero-order chi connectivity index (χ0) is 35.6. The Hall–Kier alpha value is -5.54. The third-order valence-corrected chi connectivity index (χ3v) is 9.64. The summed E-state index contributed by atoms with van der Waals surface area (Å²) in [6.45, 7) is 1.42. The van der Waals surface area contributed by atoms with Crippen molar-refractivity contribution in [1.29, 1.82) is 0 Å². The first-order chi connectivity index (χ1) is 24.8. The van der Waals surface area contributed by atoms with E-state index in [2.05, 4.69) is 16.0 Å². The molecule has 262 valence electrons. The molecule has 0 aliphatic carbocycles. The number of fused-ring (bicyclic) bond motifs is 2. The summed E-state index contributed by atoms with van der Waals surface area (Å²) < 4.78 is 0. The molecule has 1 unspecified atom stereocenters. The maximum atomic E-state index is 14.4. The lowest BCUT2D eigenvalue weighted by molar-refractivity contribution is -0.139. The van der Waals surface area contributed by atoms with Crippen LogP contribution in [0.25, 0.3) is 21.5 Å². The molecule has 9 nitrogen and oxygen atoms in total. The molecule has 51 heavy (non-hydrogen) atoms. The number of rotatable bonds is 14. The molecule has 4 amide bonds. The van der Waals surface area contributed by atoms with E-state index in [4.69, 9.17) is 5.73 Å². The second-order valence-electron chi connectivity index (χ2n) is 13.4. The minimum atomic E-state index is -1.02. The fraction of sp³-hybridized carbons (Fsp3) is 0.286. The highest BCUT2D eigenvalue weighted by molar-refractivity contribution is 5.94. The monoisotopic (exact) mass is 683 g/mol. The summed E-state index contributed by atoms with van der Waals surface area (Å²) in [6, 6.07) is 35.6. The number of nitrogens with two attached hydrogens (primary N) is 1. The summed E-state index contributed by atoms with van der Waals surface area (Å²) in [5.41, 5.74) is 8.38. The Morgan fingerprint density at radius 3 is 1.80 bits per heavy atom. The highest BCUT2D eigenvalue weighted by Crippen LogP contribution is 2.20. The number of primary amides is 1. The number of amides is 4. The van der Waals surface area contributed by atoms with Gasteiger partial charge in [-0.05, 0) is 70.6 Å². The van der Waals surface area contributed by atoms with Crippen molar-refractivity contribution in [2.45, 2.75) is 44.2 Å². The smallest absolute Gasteiger partial charge is 0.245 e. The number of carbonyl (C=O) groups is 4. The van der Waals surface area contributed by atoms with E-state index in [-0.39, 0.29) is 37.8 Å². The number of piperidine rings is 1. The largest absolute Gasteiger partial charge is 0.368 e. The van der Waals surface area contributed by atoms with Crippen LogP contribution in [0, 0.1) is 5.92 Å². The lowest BCUT2D eigenvalue weighted by Gasteiger charge is -2.30. The van der Waals surface area contributed by atoms with Gasteiger partial charge in [0.25, 0.3) is 0 Å². The Balaban J connectivity index is 1.29. The number of benzene rings is 5. The molecule has 2 atom stereocenters. The van der Waals surface area contributed by atoms with Crippen LogP contribution in [0.15, 0.2) is 115 Å². The van der Waals surface area contributed by atoms with Crippen molar-refractivity contribution in [3.05, 3.63) is 132 Å². The fourth-order valence-corrected chi connectivity index (χ4v) is 6.84. The van der Waals surface area contributed by atoms with Gasteiger partial charge in [0.1, 0.15) is 12.1 Å². The highest BCUT2D eigenvalue weighted by Gasteiger charge is 2.32. The second kappa shape index (κ2) is 16.9. The van der Waals surface area contributed by atoms with Crippen LogP contribution in [0.5, 0.6) is 0 Å². The van der Waals surface area contributed by atoms with Crippen LogP contribution in [-0.4, -0.2) is 66.8 Å². The predicted molar refractivity (Wildman–Crippen MR) is 201 cm³/mol. The molecule has 1 saturated heterocycles. The molecule has 0 bridgehead atoms. The van der Waals surface area contributed by atoms with E-state index in [0.717, 1.165) is 51.3 Å². The minimum absolute atomic E-state index is 0.173. The normalized spacial score (nSPS) is 14.4. The van der Waals surface area contributed by atoms with Gasteiger partial charge in [-0.25, -0.2) is 0 Å². The van der Waals surface area contributed by atoms with Crippen LogP contribution in [0.4, 0.5) is 0 Å². The van der Waals surface area contributed by atoms with Crippen LogP contribution in [0.1, 0.15) is 29.5 Å². The van der Waals surface area contributed by atoms with Crippen LogP contribution in [0.3, 0.4) is 0 Å². The third kappa shape index (κ3) is 9.58. The molecule has 1 aliphatic heterocycles. The maximum absolute atomic E-state index is 14.4. The summed E-state index contributed by atoms with van der Waals surface area (Å²) in [6.07, 6.45) is 2.29. The van der Waals surface area contributed by atoms with Gasteiger partial charge in [-0.15, -0.1) is 0 Å². The topological polar surface area (TPSA) is 134 Å². The number of nitrogens with zero attached hydrogens (tertiary/aromatic N) is 1. The van der Waals surface area contributed by atoms with Crippen LogP contribution in [0.2, 0.25) is 0 Å². The van der Waals surface area contributed by atoms with Crippen molar-refractivity contribution in [3.8, 4) is 0 Å². The molecule has 1 fully saturated rings. The Bertz CT molecular complexity index is 1990. The first-order valence-electron chi connectivity index (χ1n) is 17.7. The van der Waals surface area contributed by atoms with E-state index in [0.29, 0.717) is 19.3 Å². The van der Waals surface area contributed by atoms with Gasteiger partial charge in [0.2, 0.25) is 23.6 Å². The number of hydrogen-bond donors (Lipinski definition) is 4. The third-order valence-electron chi connectivity index (χ3n) is 9.64. The van der Waals surface area contributed by atoms with E-state index in [1.165, 1.54) is 4.90 Å². The Labute approximate surface area is 298 Å². The van der Waals surface area contributed by atoms with Gasteiger partial charge in [0.05, 0.1) is 6.54 Å². The van der Waals surface area contributed by atoms with Gasteiger partial charge < -0.3 is 26.6 Å². The molecule has 0 spiro atoms. The first-order valence-corrected chi connectivity index (χ1v) is 17.7. The van der Waals surface area contributed by atoms with Crippen molar-refractivity contribution < 1.29 is 19.2 Å². The molecular formula is C42H45N5O4. The predicted octanol–water partition coefficient (Wildman–Crippen LogP) is 4.30. The van der Waals surface area contributed by atoms with E-state index < -0.39 is 29.8 Å². The van der Waals surface area contributed by atoms with Crippen LogP contribution >= 0.6 is 0 Å². The van der Waals surface area contributed by atoms with Gasteiger partial charge in [0, 0.05) is 25.3 Å². The number of hydrogen-bond acceptors (Lipinski definition) is 5. The number of carbonyl (C=O) groups excluding carboxylic acids is 4. The van der Waals surface area contributed by atoms with Crippen molar-refractivity contribution in [2.75, 3.05) is 26.2 Å². The van der Waals surface area contributed by atoms with E-state index >= 15 is 0 Å². The summed E-state index contributed by atoms with van der Waals surface area (Å²) in [4.78, 5) is 56.0. The van der Waals surface area contributed by atoms with Gasteiger partial charge in [-0.3, -0.25) is 19.2 Å². The second-order valence-corrected chi connectivity index (χ2v) is 13.4. The maximum Gasteiger partial charge on any atom is 0.245 e. The zero-order valence-corrected chi connectivity index (χ0v) is 28.7. The molecule has 5 aromatic carbocycles. The van der Waals surface area contributed by atoms with Crippen LogP contribution < -0.4 is 21.7 Å². The lowest BCUT2D eigenvalue weighted by atomic mass is 9.95. The minimum Gasteiger partial charge on any atom is -0.368 e. The zero-order valence-electron chi connectivity index (χ0n) is 28.7. The summed E-state index contributed by atoms with van der Waals surface area (Å²) in [5.74, 6) is -1.91. The van der Waals surface area contributed by atoms with E-state index in [9.17, 15) is 19.2 Å². The summed E-state index contributed by atoms with van der Waals surface area (Å²) >= 11 is 0. The SMILES string of the molecule is NC(=O)CN(CCc1ccccc1)C(=O)[C@@H](Cc1ccc2ccccc2c1)NC(=O)C(Cc1ccc2ccccc2c1)NC(=O)C1CCNCC1. The van der Waals surface area contributed by atoms with Gasteiger partial charge in [-0.2, -0.15) is 0 Å². The average Bonchev–Trinajstić information content (AvgIpc) is 3.16. The molecule has 1 heterocycles. The molecule has 9 heteroatoms. The van der Waals surface area contributed by atoms with E-state index in [1.807, 2.05) is 115 Å². The highest BCUT2D eigenvalue weighted by atomic mass is 16.2. The van der Waals surface area contributed by atoms with Gasteiger partial charge >= 0.3 is 0 Å². The molecule has 0 radical (unpaired) electrons. The van der Waals surface area contributed by atoms with Crippen molar-refractivity contribution in [1.82, 2.24) is 20.9 Å². The van der Waals surface area contributed by atoms with Crippen molar-refractivity contribution in [3.63, 3.8) is 0 Å². The first kappa shape index (κ1) is 35.3. The molecule has 0 aromatic heterocycles. The fourth-order valence-electron chi connectivity index (χ4n) is 6.84. The molecule has 5 aromatic rings. The molecule has 6 rings (SSSR count).